The molecule has 0 atom stereocenters. The van der Waals surface area contributed by atoms with Gasteiger partial charge in [0.2, 0.25) is 0 Å². The molecule has 20 heavy (non-hydrogen) atoms. The average Bonchev–Trinajstić information content (AvgIpc) is 2.45. The van der Waals surface area contributed by atoms with Crippen molar-refractivity contribution >= 4 is 5.91 Å². The molecule has 0 aliphatic heterocycles. The zero-order chi connectivity index (χ0) is 14.0. The van der Waals surface area contributed by atoms with E-state index in [2.05, 4.69) is 15.3 Å². The van der Waals surface area contributed by atoms with Crippen LogP contribution < -0.4 is 5.32 Å². The topological polar surface area (TPSA) is 54.9 Å². The Morgan fingerprint density at radius 3 is 2.35 bits per heavy atom. The van der Waals surface area contributed by atoms with Crippen molar-refractivity contribution in [3.63, 3.8) is 0 Å². The Balaban J connectivity index is 1.83. The largest absolute Gasteiger partial charge is 0.342 e. The zero-order valence-electron chi connectivity index (χ0n) is 10.8. The Morgan fingerprint density at radius 2 is 1.80 bits per heavy atom. The molecule has 0 spiro atoms. The van der Waals surface area contributed by atoms with E-state index in [4.69, 9.17) is 0 Å². The van der Waals surface area contributed by atoms with Gasteiger partial charge in [0, 0.05) is 12.4 Å². The molecular weight excluding hydrogens is 257 g/mol. The van der Waals surface area contributed by atoms with E-state index in [-0.39, 0.29) is 17.3 Å². The van der Waals surface area contributed by atoms with Crippen LogP contribution in [0.15, 0.2) is 43.0 Å². The summed E-state index contributed by atoms with van der Waals surface area (Å²) >= 11 is 0. The van der Waals surface area contributed by atoms with Gasteiger partial charge in [0.05, 0.1) is 11.1 Å². The lowest BCUT2D eigenvalue weighted by atomic mass is 9.71. The molecule has 0 bridgehead atoms. The maximum absolute atomic E-state index is 13.0. The number of amides is 1. The predicted octanol–water partition coefficient (Wildman–Crippen LogP) is 2.42. The van der Waals surface area contributed by atoms with Crippen molar-refractivity contribution in [3.05, 3.63) is 59.9 Å². The molecule has 0 unspecified atom stereocenters. The van der Waals surface area contributed by atoms with Crippen LogP contribution in [0.2, 0.25) is 0 Å². The van der Waals surface area contributed by atoms with Crippen LogP contribution in [-0.2, 0) is 5.54 Å². The van der Waals surface area contributed by atoms with E-state index in [9.17, 15) is 9.18 Å². The van der Waals surface area contributed by atoms with Gasteiger partial charge < -0.3 is 5.32 Å². The number of aromatic nitrogens is 2. The van der Waals surface area contributed by atoms with Gasteiger partial charge in [0.25, 0.3) is 5.91 Å². The smallest absolute Gasteiger partial charge is 0.255 e. The van der Waals surface area contributed by atoms with E-state index in [1.54, 1.807) is 12.1 Å². The number of carbonyl (C=O) groups is 1. The number of benzene rings is 1. The minimum atomic E-state index is -0.388. The first kappa shape index (κ1) is 12.7. The number of hydrogen-bond donors (Lipinski definition) is 1. The van der Waals surface area contributed by atoms with Crippen molar-refractivity contribution in [2.24, 2.45) is 0 Å². The molecule has 1 aliphatic rings. The molecule has 1 amide bonds. The third-order valence-corrected chi connectivity index (χ3v) is 3.78. The van der Waals surface area contributed by atoms with Crippen LogP contribution in [0.4, 0.5) is 4.39 Å². The van der Waals surface area contributed by atoms with Crippen LogP contribution in [0.5, 0.6) is 0 Å². The van der Waals surface area contributed by atoms with Crippen LogP contribution in [-0.4, -0.2) is 15.9 Å². The van der Waals surface area contributed by atoms with Gasteiger partial charge >= 0.3 is 0 Å². The summed E-state index contributed by atoms with van der Waals surface area (Å²) in [6.45, 7) is 0. The van der Waals surface area contributed by atoms with Crippen molar-refractivity contribution in [2.75, 3.05) is 0 Å². The van der Waals surface area contributed by atoms with E-state index in [0.29, 0.717) is 5.56 Å². The lowest BCUT2D eigenvalue weighted by Gasteiger charge is -2.43. The second-order valence-corrected chi connectivity index (χ2v) is 5.02. The summed E-state index contributed by atoms with van der Waals surface area (Å²) in [6.07, 6.45) is 7.12. The molecule has 0 radical (unpaired) electrons. The van der Waals surface area contributed by atoms with E-state index < -0.39 is 0 Å². The van der Waals surface area contributed by atoms with Gasteiger partial charge in [-0.15, -0.1) is 0 Å². The van der Waals surface area contributed by atoms with E-state index in [1.807, 2.05) is 0 Å². The average molecular weight is 271 g/mol. The molecule has 4 nitrogen and oxygen atoms in total. The number of nitrogens with one attached hydrogen (secondary N) is 1. The quantitative estimate of drug-likeness (QED) is 0.932. The maximum Gasteiger partial charge on any atom is 0.255 e. The van der Waals surface area contributed by atoms with Crippen LogP contribution in [0.1, 0.15) is 35.2 Å². The molecule has 1 aliphatic carbocycles. The monoisotopic (exact) mass is 271 g/mol. The minimum Gasteiger partial charge on any atom is -0.342 e. The van der Waals surface area contributed by atoms with E-state index in [1.165, 1.54) is 30.9 Å². The van der Waals surface area contributed by atoms with Crippen molar-refractivity contribution in [3.8, 4) is 0 Å². The summed E-state index contributed by atoms with van der Waals surface area (Å²) in [6, 6.07) is 6.31. The number of halogens is 1. The fourth-order valence-corrected chi connectivity index (χ4v) is 2.49. The van der Waals surface area contributed by atoms with Gasteiger partial charge in [-0.2, -0.15) is 0 Å². The fraction of sp³-hybridized carbons (Fsp3) is 0.267. The Kier molecular flexibility index (Phi) is 3.18. The van der Waals surface area contributed by atoms with Gasteiger partial charge in [0.1, 0.15) is 12.1 Å². The summed E-state index contributed by atoms with van der Waals surface area (Å²) < 4.78 is 13.0. The van der Waals surface area contributed by atoms with E-state index >= 15 is 0 Å². The Labute approximate surface area is 116 Å². The first-order valence-electron chi connectivity index (χ1n) is 6.53. The van der Waals surface area contributed by atoms with E-state index in [0.717, 1.165) is 24.8 Å². The minimum absolute atomic E-state index is 0.199. The number of nitrogens with zero attached hydrogens (tertiary/aromatic N) is 2. The molecule has 1 N–H and O–H groups in total. The molecular formula is C15H14FN3O. The molecule has 1 saturated carbocycles. The maximum atomic E-state index is 13.0. The van der Waals surface area contributed by atoms with Crippen LogP contribution in [0.3, 0.4) is 0 Å². The first-order chi connectivity index (χ1) is 9.70. The molecule has 5 heteroatoms. The van der Waals surface area contributed by atoms with Gasteiger partial charge in [-0.05, 0) is 37.0 Å². The highest BCUT2D eigenvalue weighted by atomic mass is 19.1. The van der Waals surface area contributed by atoms with Gasteiger partial charge in [-0.1, -0.05) is 12.1 Å². The third-order valence-electron chi connectivity index (χ3n) is 3.78. The van der Waals surface area contributed by atoms with Crippen molar-refractivity contribution in [1.29, 1.82) is 0 Å². The van der Waals surface area contributed by atoms with Crippen LogP contribution in [0.25, 0.3) is 0 Å². The number of carbonyl (C=O) groups excluding carboxylic acids is 1. The van der Waals surface area contributed by atoms with Gasteiger partial charge in [-0.3, -0.25) is 4.79 Å². The predicted molar refractivity (Wildman–Crippen MR) is 71.4 cm³/mol. The second-order valence-electron chi connectivity index (χ2n) is 5.02. The normalized spacial score (nSPS) is 16.2. The summed E-state index contributed by atoms with van der Waals surface area (Å²) in [7, 11) is 0. The van der Waals surface area contributed by atoms with Crippen LogP contribution in [0, 0.1) is 5.82 Å². The summed E-state index contributed by atoms with van der Waals surface area (Å²) in [5.74, 6) is -0.472. The second kappa shape index (κ2) is 5.00. The lowest BCUT2D eigenvalue weighted by molar-refractivity contribution is 0.0822. The zero-order valence-corrected chi connectivity index (χ0v) is 10.8. The Morgan fingerprint density at radius 1 is 1.15 bits per heavy atom. The Bertz CT molecular complexity index is 609. The van der Waals surface area contributed by atoms with Crippen molar-refractivity contribution < 1.29 is 9.18 Å². The molecule has 1 aromatic carbocycles. The standard InChI is InChI=1S/C15H14FN3O/c16-13-4-2-12(3-5-13)15(6-1-7-15)19-14(20)11-8-17-10-18-9-11/h2-5,8-10H,1,6-7H2,(H,19,20). The molecule has 1 fully saturated rings. The van der Waals surface area contributed by atoms with Gasteiger partial charge in [-0.25, -0.2) is 14.4 Å². The number of rotatable bonds is 3. The molecule has 102 valence electrons. The molecule has 2 aromatic rings. The summed E-state index contributed by atoms with van der Waals surface area (Å²) in [5, 5.41) is 3.04. The molecule has 1 aromatic heterocycles. The van der Waals surface area contributed by atoms with Crippen molar-refractivity contribution in [1.82, 2.24) is 15.3 Å². The highest BCUT2D eigenvalue weighted by Gasteiger charge is 2.40. The highest BCUT2D eigenvalue weighted by molar-refractivity contribution is 5.94. The first-order valence-corrected chi connectivity index (χ1v) is 6.53. The fourth-order valence-electron chi connectivity index (χ4n) is 2.49. The number of hydrogen-bond acceptors (Lipinski definition) is 3. The highest BCUT2D eigenvalue weighted by Crippen LogP contribution is 2.41. The lowest BCUT2D eigenvalue weighted by Crippen LogP contribution is -2.50. The van der Waals surface area contributed by atoms with Crippen molar-refractivity contribution in [2.45, 2.75) is 24.8 Å². The van der Waals surface area contributed by atoms with Gasteiger partial charge in [0.15, 0.2) is 0 Å². The van der Waals surface area contributed by atoms with Crippen LogP contribution >= 0.6 is 0 Å². The SMILES string of the molecule is O=C(NC1(c2ccc(F)cc2)CCC1)c1cncnc1. The molecule has 3 rings (SSSR count). The molecule has 0 saturated heterocycles. The summed E-state index contributed by atoms with van der Waals surface area (Å²) in [4.78, 5) is 19.9. The third kappa shape index (κ3) is 2.27. The summed E-state index contributed by atoms with van der Waals surface area (Å²) in [5.41, 5.74) is 0.983. The Hall–Kier alpha value is -2.30. The molecule has 1 heterocycles.